The summed E-state index contributed by atoms with van der Waals surface area (Å²) in [6, 6.07) is 90.3. The van der Waals surface area contributed by atoms with E-state index in [2.05, 4.69) is 345 Å². The summed E-state index contributed by atoms with van der Waals surface area (Å²) in [5.74, 6) is 2.34. The molecule has 94 heavy (non-hydrogen) atoms. The van der Waals surface area contributed by atoms with E-state index in [9.17, 15) is 0 Å². The monoisotopic (exact) mass is 1220 g/mol. The first-order valence-corrected chi connectivity index (χ1v) is 33.3. The van der Waals surface area contributed by atoms with Crippen molar-refractivity contribution in [3.63, 3.8) is 0 Å². The Morgan fingerprint density at radius 3 is 1.64 bits per heavy atom. The quantitative estimate of drug-likeness (QED) is 0.152. The van der Waals surface area contributed by atoms with Crippen LogP contribution in [-0.2, 0) is 21.7 Å². The summed E-state index contributed by atoms with van der Waals surface area (Å²) >= 11 is 0. The minimum Gasteiger partial charge on any atom is -0.457 e. The van der Waals surface area contributed by atoms with E-state index >= 15 is 0 Å². The fourth-order valence-corrected chi connectivity index (χ4v) is 14.7. The zero-order valence-corrected chi connectivity index (χ0v) is 56.0. The smallest absolute Gasteiger partial charge is 0.137 e. The Morgan fingerprint density at radius 1 is 0.340 bits per heavy atom. The molecule has 0 atom stereocenters. The standard InChI is InChI=1S/C88H79N5O/c1-85(2,3)59-43-44-89-80(51-59)92-77-41-42-78-81(70-31-17-16-29-68(70)71-34-24-35-72-69-30-18-19-36-74(69)93(78)84(71)72)82(77)73-40-39-65(53-79(73)92)94-64-28-22-27-63(52-64)90-54-91(76-38-21-20-37-75(76)90)83-66(57-45-56(55-25-14-13-15-26-55)46-60(47-57)86(4,5)6)32-23-33-67(83)58-48-61(87(7,8)9)50-62(49-58)88(10,11)12/h13-53H,54H2,1-12H3. The Morgan fingerprint density at radius 2 is 0.915 bits per heavy atom. The molecule has 16 rings (SSSR count). The highest BCUT2D eigenvalue weighted by atomic mass is 16.5. The topological polar surface area (TPSA) is 38.5 Å². The number of hydrogen-bond donors (Lipinski definition) is 0. The lowest BCUT2D eigenvalue weighted by molar-refractivity contribution is 0.483. The van der Waals surface area contributed by atoms with E-state index in [1.54, 1.807) is 0 Å². The summed E-state index contributed by atoms with van der Waals surface area (Å²) in [5.41, 5.74) is 27.0. The molecule has 0 N–H and O–H groups in total. The van der Waals surface area contributed by atoms with Gasteiger partial charge in [-0.1, -0.05) is 241 Å². The lowest BCUT2D eigenvalue weighted by atomic mass is 9.78. The highest BCUT2D eigenvalue weighted by Crippen LogP contribution is 2.54. The maximum Gasteiger partial charge on any atom is 0.137 e. The maximum atomic E-state index is 7.20. The molecule has 2 aliphatic heterocycles. The van der Waals surface area contributed by atoms with Gasteiger partial charge in [0.15, 0.2) is 0 Å². The lowest BCUT2D eigenvalue weighted by Crippen LogP contribution is -2.25. The number of hydrogen-bond acceptors (Lipinski definition) is 4. The third-order valence-corrected chi connectivity index (χ3v) is 19.8. The molecule has 0 saturated carbocycles. The first-order valence-electron chi connectivity index (χ1n) is 33.3. The van der Waals surface area contributed by atoms with Crippen LogP contribution in [0.2, 0.25) is 0 Å². The molecule has 6 nitrogen and oxygen atoms in total. The first kappa shape index (κ1) is 58.6. The summed E-state index contributed by atoms with van der Waals surface area (Å²) in [7, 11) is 0. The Balaban J connectivity index is 0.845. The van der Waals surface area contributed by atoms with Crippen LogP contribution in [-0.4, -0.2) is 20.8 Å². The van der Waals surface area contributed by atoms with Crippen molar-refractivity contribution in [2.45, 2.75) is 105 Å². The van der Waals surface area contributed by atoms with Crippen LogP contribution in [0, 0.1) is 0 Å². The van der Waals surface area contributed by atoms with Gasteiger partial charge in [-0.05, 0) is 150 Å². The Bertz CT molecular complexity index is 5350. The number of nitrogens with zero attached hydrogens (tertiary/aromatic N) is 5. The van der Waals surface area contributed by atoms with Gasteiger partial charge in [0.25, 0.3) is 0 Å². The molecule has 0 spiro atoms. The van der Waals surface area contributed by atoms with Crippen LogP contribution in [0.3, 0.4) is 0 Å². The zero-order chi connectivity index (χ0) is 64.7. The van der Waals surface area contributed by atoms with Gasteiger partial charge in [0.05, 0.1) is 44.8 Å². The molecule has 0 saturated heterocycles. The number of para-hydroxylation sites is 5. The van der Waals surface area contributed by atoms with Crippen molar-refractivity contribution in [2.75, 3.05) is 16.5 Å². The van der Waals surface area contributed by atoms with Crippen LogP contribution in [0.25, 0.3) is 111 Å². The predicted molar refractivity (Wildman–Crippen MR) is 397 cm³/mol. The third kappa shape index (κ3) is 9.79. The van der Waals surface area contributed by atoms with Gasteiger partial charge in [-0.15, -0.1) is 0 Å². The van der Waals surface area contributed by atoms with Crippen molar-refractivity contribution in [3.8, 4) is 78.6 Å². The average Bonchev–Trinajstić information content (AvgIpc) is 1.53. The summed E-state index contributed by atoms with van der Waals surface area (Å²) in [5, 5.41) is 4.79. The van der Waals surface area contributed by atoms with Crippen LogP contribution in [0.5, 0.6) is 11.5 Å². The minimum atomic E-state index is -0.101. The van der Waals surface area contributed by atoms with Gasteiger partial charge in [-0.2, -0.15) is 0 Å². The van der Waals surface area contributed by atoms with E-state index in [4.69, 9.17) is 9.72 Å². The molecule has 5 heterocycles. The van der Waals surface area contributed by atoms with Crippen LogP contribution in [0.1, 0.15) is 105 Å². The van der Waals surface area contributed by atoms with Gasteiger partial charge >= 0.3 is 0 Å². The highest BCUT2D eigenvalue weighted by molar-refractivity contribution is 6.23. The van der Waals surface area contributed by atoms with Crippen molar-refractivity contribution in [1.82, 2.24) is 14.1 Å². The molecule has 462 valence electrons. The van der Waals surface area contributed by atoms with Gasteiger partial charge in [0.1, 0.15) is 24.0 Å². The molecular weight excluding hydrogens is 1140 g/mol. The van der Waals surface area contributed by atoms with Crippen LogP contribution in [0.15, 0.2) is 249 Å². The molecule has 14 aromatic rings. The number of aromatic nitrogens is 3. The first-order chi connectivity index (χ1) is 45.1. The van der Waals surface area contributed by atoms with E-state index in [0.29, 0.717) is 6.67 Å². The van der Waals surface area contributed by atoms with Crippen LogP contribution in [0.4, 0.5) is 22.7 Å². The van der Waals surface area contributed by atoms with E-state index in [1.807, 2.05) is 6.20 Å². The molecule has 0 aliphatic carbocycles. The molecule has 0 bridgehead atoms. The Hall–Kier alpha value is -10.4. The van der Waals surface area contributed by atoms with Crippen LogP contribution < -0.4 is 14.5 Å². The SMILES string of the molecule is CC(C)(C)c1cc(-c2ccccc2)cc(-c2cccc(-c3cc(C(C)(C)C)cc(C(C)(C)C)c3)c2N2CN(c3cccc(Oc4ccc5c6c7c(ccc6n(-c6cc(C(C)(C)C)ccn6)c5c4)-n4c5ccccc5c5cccc(c54)-c4ccccc4-7)c3)c3ccccc32)c1. The van der Waals surface area contributed by atoms with Crippen LogP contribution >= 0.6 is 0 Å². The van der Waals surface area contributed by atoms with Crippen molar-refractivity contribution >= 4 is 66.4 Å². The van der Waals surface area contributed by atoms with Crippen molar-refractivity contribution < 1.29 is 4.74 Å². The number of benzene rings is 11. The predicted octanol–water partition coefficient (Wildman–Crippen LogP) is 24.2. The minimum absolute atomic E-state index is 0.0742. The fourth-order valence-electron chi connectivity index (χ4n) is 14.7. The molecule has 0 fully saturated rings. The molecular formula is C88H79N5O. The second kappa shape index (κ2) is 21.6. The van der Waals surface area contributed by atoms with Gasteiger partial charge in [0, 0.05) is 67.8 Å². The van der Waals surface area contributed by atoms with Gasteiger partial charge in [-0.25, -0.2) is 4.98 Å². The van der Waals surface area contributed by atoms with Gasteiger partial charge < -0.3 is 19.1 Å². The molecule has 0 unspecified atom stereocenters. The summed E-state index contributed by atoms with van der Waals surface area (Å²) in [6.07, 6.45) is 1.97. The summed E-state index contributed by atoms with van der Waals surface area (Å²) in [6.45, 7) is 28.4. The van der Waals surface area contributed by atoms with Crippen molar-refractivity contribution in [3.05, 3.63) is 271 Å². The molecule has 6 heteroatoms. The second-order valence-electron chi connectivity index (χ2n) is 30.1. The maximum absolute atomic E-state index is 7.20. The number of fused-ring (bicyclic) bond motifs is 13. The number of rotatable bonds is 8. The number of anilines is 4. The highest BCUT2D eigenvalue weighted by Gasteiger charge is 2.34. The van der Waals surface area contributed by atoms with E-state index in [1.165, 1.54) is 111 Å². The second-order valence-corrected chi connectivity index (χ2v) is 30.1. The largest absolute Gasteiger partial charge is 0.457 e. The number of ether oxygens (including phenoxy) is 1. The molecule has 2 aliphatic rings. The molecule has 3 aromatic heterocycles. The molecule has 0 radical (unpaired) electrons. The molecule has 11 aromatic carbocycles. The number of pyridine rings is 1. The summed E-state index contributed by atoms with van der Waals surface area (Å²) in [4.78, 5) is 10.2. The normalized spacial score (nSPS) is 13.2. The average molecular weight is 1220 g/mol. The van der Waals surface area contributed by atoms with Gasteiger partial charge in [0.2, 0.25) is 0 Å². The van der Waals surface area contributed by atoms with Crippen molar-refractivity contribution in [1.29, 1.82) is 0 Å². The zero-order valence-electron chi connectivity index (χ0n) is 56.0. The Labute approximate surface area is 553 Å². The summed E-state index contributed by atoms with van der Waals surface area (Å²) < 4.78 is 12.1. The van der Waals surface area contributed by atoms with Gasteiger partial charge in [-0.3, -0.25) is 4.57 Å². The third-order valence-electron chi connectivity index (χ3n) is 19.8. The van der Waals surface area contributed by atoms with E-state index in [0.717, 1.165) is 56.5 Å². The van der Waals surface area contributed by atoms with E-state index < -0.39 is 0 Å². The lowest BCUT2D eigenvalue weighted by Gasteiger charge is -2.30. The van der Waals surface area contributed by atoms with E-state index in [-0.39, 0.29) is 21.7 Å². The Kier molecular flexibility index (Phi) is 13.5. The van der Waals surface area contributed by atoms with Crippen molar-refractivity contribution in [2.24, 2.45) is 0 Å². The fraction of sp³-hybridized carbons (Fsp3) is 0.193. The molecule has 0 amide bonds.